The SMILES string of the molecule is CC1CC(c2ccc(F)cc2)C1. The first-order chi connectivity index (χ1) is 5.75. The summed E-state index contributed by atoms with van der Waals surface area (Å²) in [5, 5.41) is 0. The smallest absolute Gasteiger partial charge is 0.123 e. The van der Waals surface area contributed by atoms with E-state index in [-0.39, 0.29) is 5.82 Å². The van der Waals surface area contributed by atoms with Crippen LogP contribution in [0.1, 0.15) is 31.2 Å². The molecular weight excluding hydrogens is 151 g/mol. The molecule has 1 aliphatic carbocycles. The summed E-state index contributed by atoms with van der Waals surface area (Å²) in [6.07, 6.45) is 2.54. The van der Waals surface area contributed by atoms with Gasteiger partial charge in [0.15, 0.2) is 0 Å². The first kappa shape index (κ1) is 7.78. The Bertz CT molecular complexity index is 257. The summed E-state index contributed by atoms with van der Waals surface area (Å²) < 4.78 is 12.5. The van der Waals surface area contributed by atoms with Crippen molar-refractivity contribution in [2.45, 2.75) is 25.7 Å². The zero-order valence-corrected chi connectivity index (χ0v) is 7.26. The minimum atomic E-state index is -0.133. The lowest BCUT2D eigenvalue weighted by Gasteiger charge is -2.32. The van der Waals surface area contributed by atoms with Gasteiger partial charge >= 0.3 is 0 Å². The van der Waals surface area contributed by atoms with Crippen LogP contribution in [0.2, 0.25) is 0 Å². The molecule has 1 saturated carbocycles. The molecule has 0 amide bonds. The molecule has 1 aromatic carbocycles. The monoisotopic (exact) mass is 164 g/mol. The van der Waals surface area contributed by atoms with E-state index in [1.807, 2.05) is 12.1 Å². The van der Waals surface area contributed by atoms with Crippen LogP contribution in [0.4, 0.5) is 4.39 Å². The Balaban J connectivity index is 2.09. The van der Waals surface area contributed by atoms with Crippen molar-refractivity contribution in [3.8, 4) is 0 Å². The van der Waals surface area contributed by atoms with Crippen LogP contribution in [-0.2, 0) is 0 Å². The minimum Gasteiger partial charge on any atom is -0.207 e. The second-order valence-electron chi connectivity index (χ2n) is 3.83. The number of hydrogen-bond acceptors (Lipinski definition) is 0. The Morgan fingerprint density at radius 1 is 1.17 bits per heavy atom. The molecule has 64 valence electrons. The van der Waals surface area contributed by atoms with Gasteiger partial charge in [-0.15, -0.1) is 0 Å². The predicted molar refractivity (Wildman–Crippen MR) is 47.5 cm³/mol. The fourth-order valence-electron chi connectivity index (χ4n) is 1.91. The fraction of sp³-hybridized carbons (Fsp3) is 0.455. The molecule has 0 nitrogen and oxygen atoms in total. The molecule has 0 aromatic heterocycles. The predicted octanol–water partition coefficient (Wildman–Crippen LogP) is 3.34. The second kappa shape index (κ2) is 2.89. The first-order valence-electron chi connectivity index (χ1n) is 4.51. The molecule has 0 atom stereocenters. The maximum atomic E-state index is 12.5. The van der Waals surface area contributed by atoms with Gasteiger partial charge in [0.2, 0.25) is 0 Å². The number of halogens is 1. The zero-order chi connectivity index (χ0) is 8.55. The van der Waals surface area contributed by atoms with Crippen LogP contribution in [0, 0.1) is 11.7 Å². The highest BCUT2D eigenvalue weighted by atomic mass is 19.1. The average Bonchev–Trinajstić information content (AvgIpc) is 2.01. The minimum absolute atomic E-state index is 0.133. The van der Waals surface area contributed by atoms with E-state index in [1.54, 1.807) is 12.1 Å². The van der Waals surface area contributed by atoms with Crippen LogP contribution in [0.5, 0.6) is 0 Å². The summed E-state index contributed by atoms with van der Waals surface area (Å²) in [6.45, 7) is 2.26. The number of benzene rings is 1. The largest absolute Gasteiger partial charge is 0.207 e. The van der Waals surface area contributed by atoms with Gasteiger partial charge in [0.25, 0.3) is 0 Å². The van der Waals surface area contributed by atoms with E-state index in [0.29, 0.717) is 5.92 Å². The van der Waals surface area contributed by atoms with E-state index in [2.05, 4.69) is 6.92 Å². The van der Waals surface area contributed by atoms with E-state index >= 15 is 0 Å². The number of hydrogen-bond donors (Lipinski definition) is 0. The Labute approximate surface area is 72.4 Å². The van der Waals surface area contributed by atoms with Gasteiger partial charge in [-0.1, -0.05) is 19.1 Å². The summed E-state index contributed by atoms with van der Waals surface area (Å²) >= 11 is 0. The third-order valence-corrected chi connectivity index (χ3v) is 2.72. The Morgan fingerprint density at radius 2 is 1.75 bits per heavy atom. The van der Waals surface area contributed by atoms with Crippen LogP contribution in [0.3, 0.4) is 0 Å². The van der Waals surface area contributed by atoms with Crippen molar-refractivity contribution in [1.82, 2.24) is 0 Å². The molecule has 0 saturated heterocycles. The van der Waals surface area contributed by atoms with Gasteiger partial charge in [-0.2, -0.15) is 0 Å². The summed E-state index contributed by atoms with van der Waals surface area (Å²) in [6, 6.07) is 6.92. The van der Waals surface area contributed by atoms with Crippen LogP contribution in [0.15, 0.2) is 24.3 Å². The van der Waals surface area contributed by atoms with Gasteiger partial charge in [-0.3, -0.25) is 0 Å². The van der Waals surface area contributed by atoms with Crippen molar-refractivity contribution in [3.63, 3.8) is 0 Å². The van der Waals surface area contributed by atoms with Crippen molar-refractivity contribution in [2.75, 3.05) is 0 Å². The van der Waals surface area contributed by atoms with Gasteiger partial charge in [-0.05, 0) is 42.4 Å². The highest BCUT2D eigenvalue weighted by molar-refractivity contribution is 5.22. The highest BCUT2D eigenvalue weighted by Crippen LogP contribution is 2.40. The van der Waals surface area contributed by atoms with Gasteiger partial charge in [0, 0.05) is 0 Å². The molecule has 0 N–H and O–H groups in total. The lowest BCUT2D eigenvalue weighted by atomic mass is 9.72. The molecule has 0 heterocycles. The van der Waals surface area contributed by atoms with Crippen LogP contribution in [-0.4, -0.2) is 0 Å². The van der Waals surface area contributed by atoms with Gasteiger partial charge in [-0.25, -0.2) is 4.39 Å². The molecule has 0 aliphatic heterocycles. The highest BCUT2D eigenvalue weighted by Gasteiger charge is 2.26. The van der Waals surface area contributed by atoms with Crippen LogP contribution in [0.25, 0.3) is 0 Å². The summed E-state index contributed by atoms with van der Waals surface area (Å²) in [5.74, 6) is 1.42. The first-order valence-corrected chi connectivity index (χ1v) is 4.51. The average molecular weight is 164 g/mol. The summed E-state index contributed by atoms with van der Waals surface area (Å²) in [4.78, 5) is 0. The molecule has 0 radical (unpaired) electrons. The van der Waals surface area contributed by atoms with Crippen molar-refractivity contribution in [2.24, 2.45) is 5.92 Å². The Hall–Kier alpha value is -0.850. The maximum Gasteiger partial charge on any atom is 0.123 e. The zero-order valence-electron chi connectivity index (χ0n) is 7.26. The molecule has 2 rings (SSSR count). The van der Waals surface area contributed by atoms with E-state index in [0.717, 1.165) is 5.92 Å². The fourth-order valence-corrected chi connectivity index (χ4v) is 1.91. The molecule has 1 heteroatoms. The Morgan fingerprint density at radius 3 is 2.25 bits per heavy atom. The van der Waals surface area contributed by atoms with Crippen molar-refractivity contribution in [3.05, 3.63) is 35.6 Å². The lowest BCUT2D eigenvalue weighted by molar-refractivity contribution is 0.288. The van der Waals surface area contributed by atoms with Gasteiger partial charge in [0.1, 0.15) is 5.82 Å². The molecule has 0 unspecified atom stereocenters. The molecule has 1 aromatic rings. The van der Waals surface area contributed by atoms with Gasteiger partial charge < -0.3 is 0 Å². The van der Waals surface area contributed by atoms with E-state index in [9.17, 15) is 4.39 Å². The normalized spacial score (nSPS) is 28.2. The van der Waals surface area contributed by atoms with Crippen molar-refractivity contribution in [1.29, 1.82) is 0 Å². The molecule has 0 spiro atoms. The lowest BCUT2D eigenvalue weighted by Crippen LogP contribution is -2.18. The van der Waals surface area contributed by atoms with Crippen molar-refractivity contribution < 1.29 is 4.39 Å². The molecular formula is C11H13F. The standard InChI is InChI=1S/C11H13F/c1-8-6-10(7-8)9-2-4-11(12)5-3-9/h2-5,8,10H,6-7H2,1H3. The summed E-state index contributed by atoms with van der Waals surface area (Å²) in [5.41, 5.74) is 1.30. The second-order valence-corrected chi connectivity index (χ2v) is 3.83. The molecule has 12 heavy (non-hydrogen) atoms. The molecule has 1 aliphatic rings. The van der Waals surface area contributed by atoms with Gasteiger partial charge in [0.05, 0.1) is 0 Å². The third kappa shape index (κ3) is 1.36. The maximum absolute atomic E-state index is 12.5. The van der Waals surface area contributed by atoms with E-state index < -0.39 is 0 Å². The molecule has 0 bridgehead atoms. The topological polar surface area (TPSA) is 0 Å². The van der Waals surface area contributed by atoms with E-state index in [1.165, 1.54) is 18.4 Å². The van der Waals surface area contributed by atoms with E-state index in [4.69, 9.17) is 0 Å². The molecule has 1 fully saturated rings. The van der Waals surface area contributed by atoms with Crippen molar-refractivity contribution >= 4 is 0 Å². The van der Waals surface area contributed by atoms with Crippen LogP contribution < -0.4 is 0 Å². The number of rotatable bonds is 1. The Kier molecular flexibility index (Phi) is 1.87. The third-order valence-electron chi connectivity index (χ3n) is 2.72. The van der Waals surface area contributed by atoms with Crippen LogP contribution >= 0.6 is 0 Å². The quantitative estimate of drug-likeness (QED) is 0.597. The summed E-state index contributed by atoms with van der Waals surface area (Å²) in [7, 11) is 0.